The van der Waals surface area contributed by atoms with Crippen LogP contribution in [0.4, 0.5) is 4.79 Å². The molecule has 0 aliphatic heterocycles. The van der Waals surface area contributed by atoms with Crippen molar-refractivity contribution in [3.63, 3.8) is 0 Å². The van der Waals surface area contributed by atoms with Crippen LogP contribution >= 0.6 is 27.3 Å². The van der Waals surface area contributed by atoms with Gasteiger partial charge in [-0.3, -0.25) is 4.79 Å². The van der Waals surface area contributed by atoms with Crippen LogP contribution in [0.15, 0.2) is 15.9 Å². The van der Waals surface area contributed by atoms with Crippen LogP contribution < -0.4 is 10.6 Å². The van der Waals surface area contributed by atoms with Gasteiger partial charge in [0.1, 0.15) is 0 Å². The fraction of sp³-hybridized carbons (Fsp3) is 0.538. The lowest BCUT2D eigenvalue weighted by Gasteiger charge is -2.30. The SMILES string of the molecule is CC(C)(C)C(CC(=O)O)NC(=O)NCc1cc(Br)cs1. The lowest BCUT2D eigenvalue weighted by molar-refractivity contribution is -0.138. The van der Waals surface area contributed by atoms with E-state index >= 15 is 0 Å². The zero-order valence-electron chi connectivity index (χ0n) is 11.7. The molecule has 112 valence electrons. The standard InChI is InChI=1S/C13H19BrN2O3S/c1-13(2,3)10(5-11(17)18)16-12(19)15-6-9-4-8(14)7-20-9/h4,7,10H,5-6H2,1-3H3,(H,17,18)(H2,15,16,19). The van der Waals surface area contributed by atoms with Crippen LogP contribution in [0.5, 0.6) is 0 Å². The molecule has 1 aromatic rings. The molecule has 0 aliphatic rings. The van der Waals surface area contributed by atoms with Crippen LogP contribution in [-0.2, 0) is 11.3 Å². The number of thiophene rings is 1. The monoisotopic (exact) mass is 362 g/mol. The molecule has 2 amide bonds. The number of carboxylic acid groups (broad SMARTS) is 1. The number of aliphatic carboxylic acids is 1. The van der Waals surface area contributed by atoms with Gasteiger partial charge in [0, 0.05) is 20.8 Å². The summed E-state index contributed by atoms with van der Waals surface area (Å²) >= 11 is 4.89. The van der Waals surface area contributed by atoms with E-state index in [9.17, 15) is 9.59 Å². The lowest BCUT2D eigenvalue weighted by Crippen LogP contribution is -2.48. The second kappa shape index (κ2) is 7.08. The Morgan fingerprint density at radius 2 is 2.10 bits per heavy atom. The highest BCUT2D eigenvalue weighted by Crippen LogP contribution is 2.22. The van der Waals surface area contributed by atoms with Gasteiger partial charge in [-0.15, -0.1) is 11.3 Å². The van der Waals surface area contributed by atoms with Gasteiger partial charge in [0.05, 0.1) is 13.0 Å². The summed E-state index contributed by atoms with van der Waals surface area (Å²) in [7, 11) is 0. The molecule has 0 fully saturated rings. The van der Waals surface area contributed by atoms with Crippen LogP contribution in [0.2, 0.25) is 0 Å². The Labute approximate surface area is 130 Å². The van der Waals surface area contributed by atoms with Crippen LogP contribution in [0, 0.1) is 5.41 Å². The van der Waals surface area contributed by atoms with Crippen molar-refractivity contribution in [1.82, 2.24) is 10.6 Å². The zero-order valence-corrected chi connectivity index (χ0v) is 14.1. The molecule has 1 heterocycles. The molecule has 0 radical (unpaired) electrons. The number of amides is 2. The summed E-state index contributed by atoms with van der Waals surface area (Å²) in [6.07, 6.45) is -0.0958. The molecule has 7 heteroatoms. The first-order valence-electron chi connectivity index (χ1n) is 6.17. The number of halogens is 1. The van der Waals surface area contributed by atoms with Crippen LogP contribution in [0.3, 0.4) is 0 Å². The van der Waals surface area contributed by atoms with Crippen molar-refractivity contribution in [2.75, 3.05) is 0 Å². The number of nitrogens with one attached hydrogen (secondary N) is 2. The third-order valence-corrected chi connectivity index (χ3v) is 4.47. The van der Waals surface area contributed by atoms with E-state index < -0.39 is 12.0 Å². The Bertz CT molecular complexity index is 482. The first-order chi connectivity index (χ1) is 9.18. The van der Waals surface area contributed by atoms with Crippen molar-refractivity contribution in [2.24, 2.45) is 5.41 Å². The first kappa shape index (κ1) is 17.0. The van der Waals surface area contributed by atoms with E-state index in [0.29, 0.717) is 6.54 Å². The predicted octanol–water partition coefficient (Wildman–Crippen LogP) is 3.20. The fourth-order valence-electron chi connectivity index (χ4n) is 1.57. The fourth-order valence-corrected chi connectivity index (χ4v) is 2.96. The van der Waals surface area contributed by atoms with E-state index in [-0.39, 0.29) is 17.9 Å². The zero-order chi connectivity index (χ0) is 15.3. The summed E-state index contributed by atoms with van der Waals surface area (Å²) in [5, 5.41) is 16.3. The normalized spacial score (nSPS) is 12.8. The molecule has 0 aliphatic carbocycles. The highest BCUT2D eigenvalue weighted by Gasteiger charge is 2.28. The third kappa shape index (κ3) is 5.92. The van der Waals surface area contributed by atoms with Crippen molar-refractivity contribution in [3.8, 4) is 0 Å². The van der Waals surface area contributed by atoms with E-state index in [4.69, 9.17) is 5.11 Å². The van der Waals surface area contributed by atoms with Gasteiger partial charge in [0.2, 0.25) is 0 Å². The maximum absolute atomic E-state index is 11.8. The number of carbonyl (C=O) groups is 2. The van der Waals surface area contributed by atoms with Gasteiger partial charge in [0.25, 0.3) is 0 Å². The Balaban J connectivity index is 2.51. The molecule has 3 N–H and O–H groups in total. The van der Waals surface area contributed by atoms with Crippen molar-refractivity contribution < 1.29 is 14.7 Å². The van der Waals surface area contributed by atoms with Gasteiger partial charge >= 0.3 is 12.0 Å². The molecular formula is C13H19BrN2O3S. The molecular weight excluding hydrogens is 344 g/mol. The summed E-state index contributed by atoms with van der Waals surface area (Å²) in [6.45, 7) is 6.12. The number of carboxylic acids is 1. The summed E-state index contributed by atoms with van der Waals surface area (Å²) in [4.78, 5) is 23.7. The second-order valence-corrected chi connectivity index (χ2v) is 7.49. The highest BCUT2D eigenvalue weighted by atomic mass is 79.9. The predicted molar refractivity (Wildman–Crippen MR) is 82.9 cm³/mol. The molecule has 0 aromatic carbocycles. The number of hydrogen-bond donors (Lipinski definition) is 3. The first-order valence-corrected chi connectivity index (χ1v) is 7.85. The number of carbonyl (C=O) groups excluding carboxylic acids is 1. The van der Waals surface area contributed by atoms with E-state index in [0.717, 1.165) is 9.35 Å². The number of urea groups is 1. The van der Waals surface area contributed by atoms with Crippen molar-refractivity contribution >= 4 is 39.3 Å². The smallest absolute Gasteiger partial charge is 0.315 e. The van der Waals surface area contributed by atoms with E-state index in [1.165, 1.54) is 0 Å². The van der Waals surface area contributed by atoms with Crippen molar-refractivity contribution in [2.45, 2.75) is 39.8 Å². The van der Waals surface area contributed by atoms with E-state index in [2.05, 4.69) is 26.6 Å². The third-order valence-electron chi connectivity index (χ3n) is 2.77. The van der Waals surface area contributed by atoms with Gasteiger partial charge in [-0.05, 0) is 27.4 Å². The van der Waals surface area contributed by atoms with Crippen molar-refractivity contribution in [3.05, 3.63) is 20.8 Å². The molecule has 20 heavy (non-hydrogen) atoms. The van der Waals surface area contributed by atoms with Crippen molar-refractivity contribution in [1.29, 1.82) is 0 Å². The Morgan fingerprint density at radius 1 is 1.45 bits per heavy atom. The molecule has 1 unspecified atom stereocenters. The lowest BCUT2D eigenvalue weighted by atomic mass is 9.85. The van der Waals surface area contributed by atoms with Gasteiger partial charge in [0.15, 0.2) is 0 Å². The van der Waals surface area contributed by atoms with Gasteiger partial charge in [-0.1, -0.05) is 20.8 Å². The van der Waals surface area contributed by atoms with Gasteiger partial charge in [-0.25, -0.2) is 4.79 Å². The molecule has 5 nitrogen and oxygen atoms in total. The summed E-state index contributed by atoms with van der Waals surface area (Å²) in [5.41, 5.74) is -0.318. The van der Waals surface area contributed by atoms with Gasteiger partial charge in [-0.2, -0.15) is 0 Å². The van der Waals surface area contributed by atoms with Gasteiger partial charge < -0.3 is 15.7 Å². The van der Waals surface area contributed by atoms with Crippen LogP contribution in [-0.4, -0.2) is 23.1 Å². The summed E-state index contributed by atoms with van der Waals surface area (Å²) < 4.78 is 0.984. The van der Waals surface area contributed by atoms with E-state index in [1.807, 2.05) is 32.2 Å². The number of hydrogen-bond acceptors (Lipinski definition) is 3. The Hall–Kier alpha value is -1.08. The molecule has 1 aromatic heterocycles. The molecule has 0 saturated heterocycles. The summed E-state index contributed by atoms with van der Waals surface area (Å²) in [5.74, 6) is -0.924. The van der Waals surface area contributed by atoms with Crippen LogP contribution in [0.1, 0.15) is 32.1 Å². The number of rotatable bonds is 5. The minimum atomic E-state index is -0.924. The molecule has 0 saturated carbocycles. The molecule has 1 atom stereocenters. The minimum absolute atomic E-state index is 0.0958. The Morgan fingerprint density at radius 3 is 2.55 bits per heavy atom. The topological polar surface area (TPSA) is 78.4 Å². The summed E-state index contributed by atoms with van der Waals surface area (Å²) in [6, 6.07) is 1.16. The minimum Gasteiger partial charge on any atom is -0.481 e. The second-order valence-electron chi connectivity index (χ2n) is 5.57. The van der Waals surface area contributed by atoms with Crippen LogP contribution in [0.25, 0.3) is 0 Å². The molecule has 1 rings (SSSR count). The Kier molecular flexibility index (Phi) is 6.01. The largest absolute Gasteiger partial charge is 0.481 e. The average Bonchev–Trinajstić information content (AvgIpc) is 2.70. The molecule has 0 bridgehead atoms. The van der Waals surface area contributed by atoms with E-state index in [1.54, 1.807) is 11.3 Å². The molecule has 0 spiro atoms. The maximum Gasteiger partial charge on any atom is 0.315 e. The maximum atomic E-state index is 11.8. The average molecular weight is 363 g/mol. The highest BCUT2D eigenvalue weighted by molar-refractivity contribution is 9.10. The quantitative estimate of drug-likeness (QED) is 0.752.